The highest BCUT2D eigenvalue weighted by Crippen LogP contribution is 2.35. The molecule has 1 amide bonds. The normalized spacial score (nSPS) is 15.6. The van der Waals surface area contributed by atoms with Gasteiger partial charge in [0, 0.05) is 35.9 Å². The number of nitrogens with one attached hydrogen (secondary N) is 1. The fourth-order valence-electron chi connectivity index (χ4n) is 3.26. The molecule has 1 N–H and O–H groups in total. The average Bonchev–Trinajstić information content (AvgIpc) is 2.98. The minimum absolute atomic E-state index is 0.121. The Morgan fingerprint density at radius 1 is 1.29 bits per heavy atom. The topological polar surface area (TPSA) is 81.7 Å². The number of hydrogen-bond donors (Lipinski definition) is 1. The Hall–Kier alpha value is -2.54. The monoisotopic (exact) mass is 403 g/mol. The van der Waals surface area contributed by atoms with Crippen LogP contribution in [0, 0.1) is 6.92 Å². The van der Waals surface area contributed by atoms with Crippen LogP contribution in [0.5, 0.6) is 11.5 Å². The number of aryl methyl sites for hydroxylation is 1. The summed E-state index contributed by atoms with van der Waals surface area (Å²) in [6.07, 6.45) is 2.08. The molecular weight excluding hydrogens is 378 g/mol. The summed E-state index contributed by atoms with van der Waals surface area (Å²) in [4.78, 5) is 12.8. The fraction of sp³-hybridized carbons (Fsp3) is 0.381. The van der Waals surface area contributed by atoms with Crippen LogP contribution in [0.2, 0.25) is 0 Å². The first-order valence-corrected chi connectivity index (χ1v) is 11.1. The van der Waals surface area contributed by atoms with E-state index in [1.165, 1.54) is 12.1 Å². The van der Waals surface area contributed by atoms with E-state index in [2.05, 4.69) is 5.32 Å². The van der Waals surface area contributed by atoms with Gasteiger partial charge in [0.2, 0.25) is 0 Å². The molecule has 0 aliphatic carbocycles. The second-order valence-electron chi connectivity index (χ2n) is 7.06. The predicted octanol–water partition coefficient (Wildman–Crippen LogP) is 3.05. The summed E-state index contributed by atoms with van der Waals surface area (Å²) >= 11 is 0. The predicted molar refractivity (Wildman–Crippen MR) is 107 cm³/mol. The standard InChI is InChI=1S/C21H25NO5S/c1-5-26-19-9-15-8-14(3)27-20(15)10-16(19)12-22-21(23)18-11-17(28(4,24)25)7-6-13(18)2/h6-7,9-11,14H,5,8,12H2,1-4H3,(H,22,23)/t14-/m1/s1. The molecule has 1 atom stereocenters. The van der Waals surface area contributed by atoms with Crippen molar-refractivity contribution in [2.24, 2.45) is 0 Å². The zero-order valence-electron chi connectivity index (χ0n) is 16.5. The van der Waals surface area contributed by atoms with E-state index in [4.69, 9.17) is 9.47 Å². The van der Waals surface area contributed by atoms with Crippen molar-refractivity contribution in [2.75, 3.05) is 12.9 Å². The second-order valence-corrected chi connectivity index (χ2v) is 9.08. The van der Waals surface area contributed by atoms with Gasteiger partial charge >= 0.3 is 0 Å². The molecule has 1 aliphatic rings. The van der Waals surface area contributed by atoms with E-state index in [0.29, 0.717) is 17.7 Å². The summed E-state index contributed by atoms with van der Waals surface area (Å²) in [6.45, 7) is 6.47. The summed E-state index contributed by atoms with van der Waals surface area (Å²) < 4.78 is 35.1. The lowest BCUT2D eigenvalue weighted by molar-refractivity contribution is 0.0949. The van der Waals surface area contributed by atoms with Crippen molar-refractivity contribution >= 4 is 15.7 Å². The lowest BCUT2D eigenvalue weighted by Gasteiger charge is -2.14. The Morgan fingerprint density at radius 3 is 2.71 bits per heavy atom. The number of carbonyl (C=O) groups excluding carboxylic acids is 1. The quantitative estimate of drug-likeness (QED) is 0.802. The zero-order chi connectivity index (χ0) is 20.5. The first-order chi connectivity index (χ1) is 13.2. The van der Waals surface area contributed by atoms with Crippen molar-refractivity contribution in [1.82, 2.24) is 5.32 Å². The van der Waals surface area contributed by atoms with Crippen LogP contribution >= 0.6 is 0 Å². The highest BCUT2D eigenvalue weighted by atomic mass is 32.2. The lowest BCUT2D eigenvalue weighted by atomic mass is 10.1. The first kappa shape index (κ1) is 20.2. The Morgan fingerprint density at radius 2 is 2.04 bits per heavy atom. The average molecular weight is 404 g/mol. The molecule has 2 aromatic carbocycles. The molecule has 1 aliphatic heterocycles. The van der Waals surface area contributed by atoms with Gasteiger partial charge in [-0.25, -0.2) is 8.42 Å². The second kappa shape index (κ2) is 7.83. The van der Waals surface area contributed by atoms with Crippen LogP contribution in [-0.2, 0) is 22.8 Å². The van der Waals surface area contributed by atoms with E-state index in [1.54, 1.807) is 13.0 Å². The van der Waals surface area contributed by atoms with Gasteiger partial charge in [-0.3, -0.25) is 4.79 Å². The van der Waals surface area contributed by atoms with E-state index in [1.807, 2.05) is 26.0 Å². The Bertz CT molecular complexity index is 1010. The third-order valence-corrected chi connectivity index (χ3v) is 5.81. The number of carbonyl (C=O) groups is 1. The minimum Gasteiger partial charge on any atom is -0.494 e. The molecule has 0 bridgehead atoms. The van der Waals surface area contributed by atoms with Crippen molar-refractivity contribution in [3.8, 4) is 11.5 Å². The van der Waals surface area contributed by atoms with Gasteiger partial charge in [0.25, 0.3) is 5.91 Å². The smallest absolute Gasteiger partial charge is 0.251 e. The molecule has 150 valence electrons. The molecule has 2 aromatic rings. The summed E-state index contributed by atoms with van der Waals surface area (Å²) in [5, 5.41) is 2.87. The third-order valence-electron chi connectivity index (χ3n) is 4.70. The van der Waals surface area contributed by atoms with Crippen molar-refractivity contribution in [3.05, 3.63) is 52.6 Å². The number of hydrogen-bond acceptors (Lipinski definition) is 5. The van der Waals surface area contributed by atoms with Gasteiger partial charge in [0.05, 0.1) is 11.5 Å². The molecule has 0 fully saturated rings. The third kappa shape index (κ3) is 4.30. The maximum atomic E-state index is 12.7. The van der Waals surface area contributed by atoms with Gasteiger partial charge in [0.1, 0.15) is 17.6 Å². The summed E-state index contributed by atoms with van der Waals surface area (Å²) in [5.74, 6) is 1.21. The van der Waals surface area contributed by atoms with Crippen molar-refractivity contribution < 1.29 is 22.7 Å². The summed E-state index contributed by atoms with van der Waals surface area (Å²) in [5.41, 5.74) is 2.97. The van der Waals surface area contributed by atoms with Crippen LogP contribution in [0.25, 0.3) is 0 Å². The highest BCUT2D eigenvalue weighted by Gasteiger charge is 2.22. The molecule has 28 heavy (non-hydrogen) atoms. The molecule has 0 radical (unpaired) electrons. The maximum Gasteiger partial charge on any atom is 0.251 e. The van der Waals surface area contributed by atoms with Crippen LogP contribution in [0.4, 0.5) is 0 Å². The molecule has 3 rings (SSSR count). The number of amides is 1. The van der Waals surface area contributed by atoms with Crippen molar-refractivity contribution in [1.29, 1.82) is 0 Å². The van der Waals surface area contributed by atoms with Crippen molar-refractivity contribution in [3.63, 3.8) is 0 Å². The molecule has 0 unspecified atom stereocenters. The molecule has 0 aromatic heterocycles. The van der Waals surface area contributed by atoms with E-state index in [9.17, 15) is 13.2 Å². The maximum absolute atomic E-state index is 12.7. The Labute approximate surface area is 165 Å². The van der Waals surface area contributed by atoms with Gasteiger partial charge < -0.3 is 14.8 Å². The van der Waals surface area contributed by atoms with Gasteiger partial charge in [-0.2, -0.15) is 0 Å². The SMILES string of the molecule is CCOc1cc2c(cc1CNC(=O)c1cc(S(C)(=O)=O)ccc1C)O[C@H](C)C2. The van der Waals surface area contributed by atoms with Gasteiger partial charge in [-0.15, -0.1) is 0 Å². The molecule has 6 nitrogen and oxygen atoms in total. The van der Waals surface area contributed by atoms with Crippen LogP contribution in [0.3, 0.4) is 0 Å². The van der Waals surface area contributed by atoms with Crippen LogP contribution in [0.15, 0.2) is 35.2 Å². The molecular formula is C21H25NO5S. The number of fused-ring (bicyclic) bond motifs is 1. The molecule has 0 saturated heterocycles. The summed E-state index contributed by atoms with van der Waals surface area (Å²) in [6, 6.07) is 8.44. The van der Waals surface area contributed by atoms with E-state index in [-0.39, 0.29) is 23.5 Å². The van der Waals surface area contributed by atoms with E-state index >= 15 is 0 Å². The molecule has 0 spiro atoms. The number of rotatable bonds is 6. The summed E-state index contributed by atoms with van der Waals surface area (Å²) in [7, 11) is -3.39. The van der Waals surface area contributed by atoms with Crippen molar-refractivity contribution in [2.45, 2.75) is 44.7 Å². The van der Waals surface area contributed by atoms with Crippen LogP contribution < -0.4 is 14.8 Å². The van der Waals surface area contributed by atoms with E-state index in [0.717, 1.165) is 35.3 Å². The largest absolute Gasteiger partial charge is 0.494 e. The number of ether oxygens (including phenoxy) is 2. The first-order valence-electron chi connectivity index (χ1n) is 9.23. The zero-order valence-corrected chi connectivity index (χ0v) is 17.4. The molecule has 7 heteroatoms. The van der Waals surface area contributed by atoms with Gasteiger partial charge in [-0.1, -0.05) is 6.07 Å². The van der Waals surface area contributed by atoms with Crippen LogP contribution in [0.1, 0.15) is 40.9 Å². The minimum atomic E-state index is -3.39. The Balaban J connectivity index is 1.83. The number of benzene rings is 2. The van der Waals surface area contributed by atoms with Gasteiger partial charge in [-0.05, 0) is 50.6 Å². The lowest BCUT2D eigenvalue weighted by Crippen LogP contribution is -2.24. The fourth-order valence-corrected chi connectivity index (χ4v) is 3.90. The highest BCUT2D eigenvalue weighted by molar-refractivity contribution is 7.90. The molecule has 0 saturated carbocycles. The number of sulfone groups is 1. The Kier molecular flexibility index (Phi) is 5.65. The van der Waals surface area contributed by atoms with Gasteiger partial charge in [0.15, 0.2) is 9.84 Å². The van der Waals surface area contributed by atoms with E-state index < -0.39 is 9.84 Å². The van der Waals surface area contributed by atoms with Crippen LogP contribution in [-0.4, -0.2) is 33.3 Å². The molecule has 1 heterocycles.